The average molecular weight is 648 g/mol. The molecule has 1 aliphatic rings. The van der Waals surface area contributed by atoms with Gasteiger partial charge in [-0.25, -0.2) is 0 Å². The van der Waals surface area contributed by atoms with E-state index in [1.165, 1.54) is 101 Å². The van der Waals surface area contributed by atoms with Crippen LogP contribution in [0.3, 0.4) is 0 Å². The molecule has 0 atom stereocenters. The van der Waals surface area contributed by atoms with E-state index in [1.54, 1.807) is 0 Å². The lowest BCUT2D eigenvalue weighted by Crippen LogP contribution is -2.26. The van der Waals surface area contributed by atoms with E-state index in [1.807, 2.05) is 22.7 Å². The SMILES string of the molecule is CC1(C)c2ccccc2-n2c3ccc(-c4ccc5sc6ccccc6c5c4)cc3c3cc(-c4ccc5sc6ccccc6c5c4)cc1c32. The lowest BCUT2D eigenvalue weighted by atomic mass is 9.74. The number of hydrogen-bond donors (Lipinski definition) is 0. The maximum atomic E-state index is 2.53. The molecule has 0 aliphatic carbocycles. The van der Waals surface area contributed by atoms with Crippen LogP contribution in [0.1, 0.15) is 25.0 Å². The fourth-order valence-corrected chi connectivity index (χ4v) is 10.5. The topological polar surface area (TPSA) is 4.93 Å². The van der Waals surface area contributed by atoms with Crippen LogP contribution in [0.25, 0.3) is 90.1 Å². The summed E-state index contributed by atoms with van der Waals surface area (Å²) in [6.07, 6.45) is 0. The second-order valence-electron chi connectivity index (χ2n) is 13.7. The normalized spacial score (nSPS) is 13.8. The number of benzene rings is 7. The molecule has 226 valence electrons. The zero-order valence-corrected chi connectivity index (χ0v) is 28.2. The minimum absolute atomic E-state index is 0.151. The van der Waals surface area contributed by atoms with Crippen molar-refractivity contribution in [3.05, 3.63) is 151 Å². The van der Waals surface area contributed by atoms with Gasteiger partial charge in [0.05, 0.1) is 16.7 Å². The standard InChI is InChI=1S/C45H29NS2/c1-45(2)36-11-5-6-12-39(36)46-38-18-15-26(27-16-19-42-33(22-27)30-9-3-7-13-40(30)47-42)21-32(38)35-24-29(25-37(45)44(35)46)28-17-20-43-34(23-28)31-10-4-8-14-41(31)48-43/h3-25H,1-2H3. The van der Waals surface area contributed by atoms with Crippen LogP contribution in [0.15, 0.2) is 140 Å². The van der Waals surface area contributed by atoms with Crippen molar-refractivity contribution in [2.45, 2.75) is 19.3 Å². The first-order valence-electron chi connectivity index (χ1n) is 16.6. The molecule has 4 heterocycles. The Bertz CT molecular complexity index is 2980. The lowest BCUT2D eigenvalue weighted by Gasteiger charge is -2.35. The molecule has 0 saturated carbocycles. The Morgan fingerprint density at radius 3 is 1.62 bits per heavy atom. The maximum Gasteiger partial charge on any atom is 0.0582 e. The number of thiophene rings is 2. The zero-order chi connectivity index (χ0) is 31.7. The Kier molecular flexibility index (Phi) is 5.27. The summed E-state index contributed by atoms with van der Waals surface area (Å²) in [6, 6.07) is 52.6. The van der Waals surface area contributed by atoms with Gasteiger partial charge in [0, 0.05) is 56.5 Å². The van der Waals surface area contributed by atoms with E-state index in [0.717, 1.165) is 0 Å². The zero-order valence-electron chi connectivity index (χ0n) is 26.5. The molecule has 3 heteroatoms. The van der Waals surface area contributed by atoms with Crippen molar-refractivity contribution in [3.63, 3.8) is 0 Å². The summed E-state index contributed by atoms with van der Waals surface area (Å²) in [5.41, 5.74) is 11.5. The van der Waals surface area contributed by atoms with Gasteiger partial charge in [-0.15, -0.1) is 22.7 Å². The molecule has 10 aromatic rings. The molecule has 0 radical (unpaired) electrons. The first kappa shape index (κ1) is 26.8. The highest BCUT2D eigenvalue weighted by atomic mass is 32.1. The quantitative estimate of drug-likeness (QED) is 0.176. The van der Waals surface area contributed by atoms with Crippen LogP contribution in [-0.4, -0.2) is 4.57 Å². The van der Waals surface area contributed by atoms with Crippen LogP contribution in [0, 0.1) is 0 Å². The van der Waals surface area contributed by atoms with E-state index in [4.69, 9.17) is 0 Å². The molecule has 0 saturated heterocycles. The number of para-hydroxylation sites is 1. The van der Waals surface area contributed by atoms with Crippen LogP contribution < -0.4 is 0 Å². The first-order valence-corrected chi connectivity index (χ1v) is 18.2. The smallest absolute Gasteiger partial charge is 0.0582 e. The minimum atomic E-state index is -0.151. The van der Waals surface area contributed by atoms with E-state index in [9.17, 15) is 0 Å². The van der Waals surface area contributed by atoms with Crippen LogP contribution in [0.4, 0.5) is 0 Å². The summed E-state index contributed by atoms with van der Waals surface area (Å²) in [5.74, 6) is 0. The Balaban J connectivity index is 1.20. The van der Waals surface area contributed by atoms with Gasteiger partial charge in [0.2, 0.25) is 0 Å². The van der Waals surface area contributed by atoms with Crippen molar-refractivity contribution in [2.75, 3.05) is 0 Å². The van der Waals surface area contributed by atoms with Crippen molar-refractivity contribution < 1.29 is 0 Å². The monoisotopic (exact) mass is 647 g/mol. The maximum absolute atomic E-state index is 2.53. The number of nitrogens with zero attached hydrogens (tertiary/aromatic N) is 1. The molecule has 11 rings (SSSR count). The van der Waals surface area contributed by atoms with Crippen LogP contribution in [0.5, 0.6) is 0 Å². The predicted octanol–water partition coefficient (Wildman–Crippen LogP) is 13.5. The fourth-order valence-electron chi connectivity index (χ4n) is 8.37. The summed E-state index contributed by atoms with van der Waals surface area (Å²) in [6.45, 7) is 4.79. The molecule has 0 bridgehead atoms. The number of aromatic nitrogens is 1. The molecule has 1 aliphatic heterocycles. The molecule has 48 heavy (non-hydrogen) atoms. The van der Waals surface area contributed by atoms with E-state index < -0.39 is 0 Å². The third-order valence-electron chi connectivity index (χ3n) is 10.8. The van der Waals surface area contributed by atoms with Crippen molar-refractivity contribution in [1.29, 1.82) is 0 Å². The van der Waals surface area contributed by atoms with Crippen molar-refractivity contribution in [3.8, 4) is 27.9 Å². The summed E-state index contributed by atoms with van der Waals surface area (Å²) < 4.78 is 7.90. The van der Waals surface area contributed by atoms with Gasteiger partial charge in [0.1, 0.15) is 0 Å². The Morgan fingerprint density at radius 1 is 0.417 bits per heavy atom. The van der Waals surface area contributed by atoms with Gasteiger partial charge in [-0.1, -0.05) is 86.6 Å². The third-order valence-corrected chi connectivity index (χ3v) is 13.1. The lowest BCUT2D eigenvalue weighted by molar-refractivity contribution is 0.630. The van der Waals surface area contributed by atoms with Gasteiger partial charge in [0.25, 0.3) is 0 Å². The van der Waals surface area contributed by atoms with Gasteiger partial charge < -0.3 is 4.57 Å². The van der Waals surface area contributed by atoms with Gasteiger partial charge in [-0.2, -0.15) is 0 Å². The van der Waals surface area contributed by atoms with Crippen molar-refractivity contribution in [1.82, 2.24) is 4.57 Å². The predicted molar refractivity (Wildman–Crippen MR) is 210 cm³/mol. The molecule has 0 spiro atoms. The molecule has 0 amide bonds. The van der Waals surface area contributed by atoms with Gasteiger partial charge >= 0.3 is 0 Å². The Morgan fingerprint density at radius 2 is 0.938 bits per heavy atom. The Hall–Kier alpha value is -5.22. The molecule has 0 unspecified atom stereocenters. The summed E-state index contributed by atoms with van der Waals surface area (Å²) in [4.78, 5) is 0. The first-order chi connectivity index (χ1) is 23.5. The van der Waals surface area contributed by atoms with E-state index in [2.05, 4.69) is 158 Å². The molecule has 0 N–H and O–H groups in total. The van der Waals surface area contributed by atoms with Crippen LogP contribution in [-0.2, 0) is 5.41 Å². The van der Waals surface area contributed by atoms with Crippen LogP contribution in [0.2, 0.25) is 0 Å². The fraction of sp³-hybridized carbons (Fsp3) is 0.0667. The van der Waals surface area contributed by atoms with E-state index in [-0.39, 0.29) is 5.41 Å². The molecule has 3 aromatic heterocycles. The summed E-state index contributed by atoms with van der Waals surface area (Å²) in [7, 11) is 0. The van der Waals surface area contributed by atoms with Gasteiger partial charge in [-0.3, -0.25) is 0 Å². The third kappa shape index (κ3) is 3.55. The highest BCUT2D eigenvalue weighted by molar-refractivity contribution is 7.26. The second-order valence-corrected chi connectivity index (χ2v) is 15.9. The van der Waals surface area contributed by atoms with Gasteiger partial charge in [0.15, 0.2) is 0 Å². The minimum Gasteiger partial charge on any atom is -0.309 e. The molecule has 7 aromatic carbocycles. The number of rotatable bonds is 2. The summed E-state index contributed by atoms with van der Waals surface area (Å²) >= 11 is 3.76. The Labute approximate surface area is 285 Å². The van der Waals surface area contributed by atoms with E-state index >= 15 is 0 Å². The van der Waals surface area contributed by atoms with Crippen LogP contribution >= 0.6 is 22.7 Å². The number of fused-ring (bicyclic) bond motifs is 11. The molecular weight excluding hydrogens is 619 g/mol. The molecule has 0 fully saturated rings. The largest absolute Gasteiger partial charge is 0.309 e. The highest BCUT2D eigenvalue weighted by Gasteiger charge is 2.35. The van der Waals surface area contributed by atoms with Crippen molar-refractivity contribution >= 4 is 84.8 Å². The second kappa shape index (κ2) is 9.44. The molecule has 1 nitrogen and oxygen atoms in total. The molecular formula is C45H29NS2. The van der Waals surface area contributed by atoms with Crippen molar-refractivity contribution in [2.24, 2.45) is 0 Å². The summed E-state index contributed by atoms with van der Waals surface area (Å²) in [5, 5.41) is 7.98. The highest BCUT2D eigenvalue weighted by Crippen LogP contribution is 2.50. The van der Waals surface area contributed by atoms with Gasteiger partial charge in [-0.05, 0) is 100 Å². The van der Waals surface area contributed by atoms with E-state index in [0.29, 0.717) is 0 Å². The number of hydrogen-bond acceptors (Lipinski definition) is 2. The average Bonchev–Trinajstić information content (AvgIpc) is 3.79.